The highest BCUT2D eigenvalue weighted by atomic mass is 16.3. The number of hydrogen-bond acceptors (Lipinski definition) is 3. The lowest BCUT2D eigenvalue weighted by Gasteiger charge is -2.06. The third-order valence-corrected chi connectivity index (χ3v) is 1.83. The molecule has 0 aliphatic rings. The molecule has 0 radical (unpaired) electrons. The maximum absolute atomic E-state index is 10.9. The topological polar surface area (TPSA) is 69.6 Å². The van der Waals surface area contributed by atoms with E-state index < -0.39 is 6.10 Å². The molecule has 0 rings (SSSR count). The van der Waals surface area contributed by atoms with Gasteiger partial charge in [-0.25, -0.2) is 0 Å². The van der Waals surface area contributed by atoms with Gasteiger partial charge in [-0.3, -0.25) is 4.79 Å². The number of rotatable bonds is 8. The largest absolute Gasteiger partial charge is 0.394 e. The maximum atomic E-state index is 10.9. The molecule has 82 valence electrons. The lowest BCUT2D eigenvalue weighted by atomic mass is 10.1. The van der Waals surface area contributed by atoms with Gasteiger partial charge in [0.05, 0.1) is 12.7 Å². The molecule has 0 saturated heterocycles. The Hall–Kier alpha value is -0.870. The van der Waals surface area contributed by atoms with Crippen LogP contribution in [0.3, 0.4) is 0 Å². The van der Waals surface area contributed by atoms with Gasteiger partial charge in [-0.15, -0.1) is 6.58 Å². The number of aliphatic hydroxyl groups is 2. The van der Waals surface area contributed by atoms with Gasteiger partial charge >= 0.3 is 0 Å². The normalized spacial score (nSPS) is 12.1. The Balaban J connectivity index is 3.21. The van der Waals surface area contributed by atoms with Crippen molar-refractivity contribution in [3.8, 4) is 0 Å². The Morgan fingerprint density at radius 1 is 1.50 bits per heavy atom. The van der Waals surface area contributed by atoms with Crippen molar-refractivity contribution in [2.24, 2.45) is 0 Å². The van der Waals surface area contributed by atoms with Gasteiger partial charge < -0.3 is 15.5 Å². The molecule has 1 amide bonds. The highest BCUT2D eigenvalue weighted by Gasteiger charge is 2.01. The van der Waals surface area contributed by atoms with E-state index in [0.29, 0.717) is 19.4 Å². The Kier molecular flexibility index (Phi) is 8.17. The quantitative estimate of drug-likeness (QED) is 0.388. The summed E-state index contributed by atoms with van der Waals surface area (Å²) in [5, 5.41) is 20.2. The smallest absolute Gasteiger partial charge is 0.223 e. The molecule has 1 atom stereocenters. The van der Waals surface area contributed by atoms with Gasteiger partial charge in [-0.05, 0) is 19.3 Å². The first-order chi connectivity index (χ1) is 6.70. The van der Waals surface area contributed by atoms with Gasteiger partial charge in [0.25, 0.3) is 0 Å². The SMILES string of the molecule is C=CCC(=O)NCCCC[C@H](O)CO. The van der Waals surface area contributed by atoms with Gasteiger partial charge in [0.15, 0.2) is 0 Å². The standard InChI is InChI=1S/C10H19NO3/c1-2-5-10(14)11-7-4-3-6-9(13)8-12/h2,9,12-13H,1,3-8H2,(H,11,14)/t9-/m0/s1. The zero-order valence-electron chi connectivity index (χ0n) is 8.41. The van der Waals surface area contributed by atoms with Crippen LogP contribution in [0.5, 0.6) is 0 Å². The van der Waals surface area contributed by atoms with Gasteiger partial charge in [0, 0.05) is 13.0 Å². The van der Waals surface area contributed by atoms with Gasteiger partial charge in [0.1, 0.15) is 0 Å². The van der Waals surface area contributed by atoms with Crippen LogP contribution in [-0.4, -0.2) is 35.4 Å². The monoisotopic (exact) mass is 201 g/mol. The Morgan fingerprint density at radius 2 is 2.21 bits per heavy atom. The number of hydrogen-bond donors (Lipinski definition) is 3. The van der Waals surface area contributed by atoms with Crippen molar-refractivity contribution in [3.05, 3.63) is 12.7 Å². The van der Waals surface area contributed by atoms with E-state index in [9.17, 15) is 4.79 Å². The third kappa shape index (κ3) is 7.76. The summed E-state index contributed by atoms with van der Waals surface area (Å²) in [5.41, 5.74) is 0. The van der Waals surface area contributed by atoms with Crippen molar-refractivity contribution < 1.29 is 15.0 Å². The summed E-state index contributed by atoms with van der Waals surface area (Å²) < 4.78 is 0. The molecular formula is C10H19NO3. The van der Waals surface area contributed by atoms with Crippen molar-refractivity contribution in [2.75, 3.05) is 13.2 Å². The second-order valence-electron chi connectivity index (χ2n) is 3.17. The van der Waals surface area contributed by atoms with Crippen LogP contribution in [0.25, 0.3) is 0 Å². The molecule has 4 heteroatoms. The summed E-state index contributed by atoms with van der Waals surface area (Å²) in [7, 11) is 0. The zero-order chi connectivity index (χ0) is 10.8. The molecule has 0 unspecified atom stereocenters. The lowest BCUT2D eigenvalue weighted by molar-refractivity contribution is -0.120. The lowest BCUT2D eigenvalue weighted by Crippen LogP contribution is -2.23. The van der Waals surface area contributed by atoms with Crippen molar-refractivity contribution in [1.82, 2.24) is 5.32 Å². The van der Waals surface area contributed by atoms with Gasteiger partial charge in [0.2, 0.25) is 5.91 Å². The number of nitrogens with one attached hydrogen (secondary N) is 1. The van der Waals surface area contributed by atoms with Crippen LogP contribution in [0, 0.1) is 0 Å². The first-order valence-corrected chi connectivity index (χ1v) is 4.87. The first kappa shape index (κ1) is 13.1. The molecule has 0 aromatic carbocycles. The molecule has 3 N–H and O–H groups in total. The number of carbonyl (C=O) groups excluding carboxylic acids is 1. The highest BCUT2D eigenvalue weighted by molar-refractivity contribution is 5.77. The summed E-state index contributed by atoms with van der Waals surface area (Å²) in [4.78, 5) is 10.9. The molecular weight excluding hydrogens is 182 g/mol. The Morgan fingerprint density at radius 3 is 2.79 bits per heavy atom. The minimum absolute atomic E-state index is 0.0253. The van der Waals surface area contributed by atoms with Crippen LogP contribution >= 0.6 is 0 Å². The number of aliphatic hydroxyl groups excluding tert-OH is 2. The second kappa shape index (κ2) is 8.72. The number of carbonyl (C=O) groups is 1. The average molecular weight is 201 g/mol. The fourth-order valence-corrected chi connectivity index (χ4v) is 1.03. The predicted molar refractivity (Wildman–Crippen MR) is 54.8 cm³/mol. The molecule has 0 saturated carbocycles. The molecule has 0 aliphatic heterocycles. The Bertz CT molecular complexity index is 171. The molecule has 0 heterocycles. The predicted octanol–water partition coefficient (Wildman–Crippen LogP) is 0.202. The molecule has 0 aliphatic carbocycles. The number of unbranched alkanes of at least 4 members (excludes halogenated alkanes) is 1. The van der Waals surface area contributed by atoms with Crippen LogP contribution in [0.15, 0.2) is 12.7 Å². The molecule has 0 fully saturated rings. The van der Waals surface area contributed by atoms with Crippen molar-refractivity contribution in [2.45, 2.75) is 31.8 Å². The molecule has 0 bridgehead atoms. The Labute approximate surface area is 84.6 Å². The third-order valence-electron chi connectivity index (χ3n) is 1.83. The molecule has 4 nitrogen and oxygen atoms in total. The van der Waals surface area contributed by atoms with Crippen LogP contribution in [0.1, 0.15) is 25.7 Å². The molecule has 0 spiro atoms. The summed E-state index contributed by atoms with van der Waals surface area (Å²) in [6.45, 7) is 3.88. The van der Waals surface area contributed by atoms with Crippen molar-refractivity contribution in [3.63, 3.8) is 0 Å². The summed E-state index contributed by atoms with van der Waals surface area (Å²) in [6, 6.07) is 0. The van der Waals surface area contributed by atoms with E-state index in [0.717, 1.165) is 12.8 Å². The van der Waals surface area contributed by atoms with E-state index in [4.69, 9.17) is 10.2 Å². The van der Waals surface area contributed by atoms with Crippen molar-refractivity contribution >= 4 is 5.91 Å². The molecule has 0 aromatic heterocycles. The minimum atomic E-state index is -0.626. The van der Waals surface area contributed by atoms with E-state index in [1.54, 1.807) is 6.08 Å². The van der Waals surface area contributed by atoms with E-state index in [-0.39, 0.29) is 12.5 Å². The van der Waals surface area contributed by atoms with Crippen LogP contribution < -0.4 is 5.32 Å². The molecule has 14 heavy (non-hydrogen) atoms. The average Bonchev–Trinajstić information content (AvgIpc) is 2.17. The molecule has 0 aromatic rings. The first-order valence-electron chi connectivity index (χ1n) is 4.87. The number of amides is 1. The minimum Gasteiger partial charge on any atom is -0.394 e. The summed E-state index contributed by atoms with van der Waals surface area (Å²) in [5.74, 6) is -0.0253. The second-order valence-corrected chi connectivity index (χ2v) is 3.17. The van der Waals surface area contributed by atoms with Gasteiger partial charge in [-0.1, -0.05) is 6.08 Å². The van der Waals surface area contributed by atoms with E-state index in [1.165, 1.54) is 0 Å². The fraction of sp³-hybridized carbons (Fsp3) is 0.700. The zero-order valence-corrected chi connectivity index (χ0v) is 8.41. The maximum Gasteiger partial charge on any atom is 0.223 e. The van der Waals surface area contributed by atoms with Crippen LogP contribution in [0.2, 0.25) is 0 Å². The fourth-order valence-electron chi connectivity index (χ4n) is 1.03. The van der Waals surface area contributed by atoms with Crippen LogP contribution in [0.4, 0.5) is 0 Å². The summed E-state index contributed by atoms with van der Waals surface area (Å²) in [6.07, 6.45) is 3.48. The summed E-state index contributed by atoms with van der Waals surface area (Å²) >= 11 is 0. The van der Waals surface area contributed by atoms with Crippen LogP contribution in [-0.2, 0) is 4.79 Å². The van der Waals surface area contributed by atoms with E-state index in [2.05, 4.69) is 11.9 Å². The van der Waals surface area contributed by atoms with E-state index in [1.807, 2.05) is 0 Å². The van der Waals surface area contributed by atoms with Crippen molar-refractivity contribution in [1.29, 1.82) is 0 Å². The van der Waals surface area contributed by atoms with E-state index >= 15 is 0 Å². The highest BCUT2D eigenvalue weighted by Crippen LogP contribution is 1.99. The van der Waals surface area contributed by atoms with Gasteiger partial charge in [-0.2, -0.15) is 0 Å².